The molecule has 0 bridgehead atoms. The number of benzene rings is 3. The first kappa shape index (κ1) is 28.8. The Labute approximate surface area is 240 Å². The van der Waals surface area contributed by atoms with Crippen LogP contribution in [-0.2, 0) is 9.59 Å². The van der Waals surface area contributed by atoms with Gasteiger partial charge in [0.05, 0.1) is 28.1 Å². The first-order valence-electron chi connectivity index (χ1n) is 12.6. The normalized spacial score (nSPS) is 13.4. The molecule has 1 saturated carbocycles. The topological polar surface area (TPSA) is 126 Å². The van der Waals surface area contributed by atoms with Crippen LogP contribution in [0.15, 0.2) is 71.8 Å². The van der Waals surface area contributed by atoms with Gasteiger partial charge in [-0.1, -0.05) is 54.6 Å². The third kappa shape index (κ3) is 7.91. The van der Waals surface area contributed by atoms with Gasteiger partial charge in [0.1, 0.15) is 5.75 Å². The number of nitrogens with zero attached hydrogens (tertiary/aromatic N) is 1. The molecule has 0 unspecified atom stereocenters. The number of esters is 1. The molecule has 11 heteroatoms. The zero-order chi connectivity index (χ0) is 28.5. The fourth-order valence-corrected chi connectivity index (χ4v) is 4.62. The maximum Gasteiger partial charge on any atom is 0.345 e. The van der Waals surface area contributed by atoms with Crippen molar-refractivity contribution in [1.29, 1.82) is 0 Å². The number of rotatable bonds is 7. The molecular formula is C29H26Cl2N4O5. The van der Waals surface area contributed by atoms with E-state index in [0.29, 0.717) is 10.6 Å². The predicted octanol–water partition coefficient (Wildman–Crippen LogP) is 5.36. The molecule has 206 valence electrons. The summed E-state index contributed by atoms with van der Waals surface area (Å²) in [7, 11) is 0. The SMILES string of the molecule is O=C(N/N=C/c1ccc(OC(=O)c2ccc(Cl)cc2Cl)cc1)C(=O)Nc1ccccc1C(=O)NC1CCCCC1. The zero-order valence-corrected chi connectivity index (χ0v) is 22.8. The van der Waals surface area contributed by atoms with Gasteiger partial charge in [-0.05, 0) is 73.0 Å². The van der Waals surface area contributed by atoms with Crippen LogP contribution < -0.4 is 20.8 Å². The quantitative estimate of drug-likeness (QED) is 0.114. The molecule has 0 heterocycles. The number of para-hydroxylation sites is 1. The Morgan fingerprint density at radius 2 is 1.57 bits per heavy atom. The van der Waals surface area contributed by atoms with E-state index in [-0.39, 0.29) is 39.5 Å². The standard InChI is InChI=1S/C29H26Cl2N4O5/c30-19-12-15-22(24(31)16-19)29(39)40-21-13-10-18(11-14-21)17-32-35-28(38)27(37)34-25-9-5-4-8-23(25)26(36)33-20-6-2-1-3-7-20/h4-5,8-17,20H,1-3,6-7H2,(H,33,36)(H,34,37)(H,35,38)/b32-17+. The molecule has 0 aromatic heterocycles. The molecule has 3 aromatic rings. The van der Waals surface area contributed by atoms with Crippen molar-refractivity contribution in [2.24, 2.45) is 5.10 Å². The van der Waals surface area contributed by atoms with E-state index in [9.17, 15) is 19.2 Å². The Morgan fingerprint density at radius 1 is 0.850 bits per heavy atom. The largest absolute Gasteiger partial charge is 0.423 e. The first-order valence-corrected chi connectivity index (χ1v) is 13.4. The lowest BCUT2D eigenvalue weighted by atomic mass is 9.95. The molecule has 0 aliphatic heterocycles. The molecule has 1 fully saturated rings. The van der Waals surface area contributed by atoms with Gasteiger partial charge in [0.25, 0.3) is 5.91 Å². The number of halogens is 2. The molecular weight excluding hydrogens is 555 g/mol. The number of carbonyl (C=O) groups excluding carboxylic acids is 4. The van der Waals surface area contributed by atoms with Crippen molar-refractivity contribution in [3.63, 3.8) is 0 Å². The summed E-state index contributed by atoms with van der Waals surface area (Å²) in [6, 6.07) is 17.3. The van der Waals surface area contributed by atoms with Crippen molar-refractivity contribution in [2.75, 3.05) is 5.32 Å². The highest BCUT2D eigenvalue weighted by molar-refractivity contribution is 6.40. The van der Waals surface area contributed by atoms with Gasteiger partial charge >= 0.3 is 17.8 Å². The molecule has 3 N–H and O–H groups in total. The monoisotopic (exact) mass is 580 g/mol. The number of hydrogen-bond acceptors (Lipinski definition) is 6. The number of anilines is 1. The highest BCUT2D eigenvalue weighted by Crippen LogP contribution is 2.23. The van der Waals surface area contributed by atoms with Crippen molar-refractivity contribution in [3.05, 3.63) is 93.5 Å². The Kier molecular flexibility index (Phi) is 9.88. The van der Waals surface area contributed by atoms with E-state index in [1.54, 1.807) is 36.4 Å². The smallest absolute Gasteiger partial charge is 0.345 e. The Bertz CT molecular complexity index is 1440. The summed E-state index contributed by atoms with van der Waals surface area (Å²) in [6.07, 6.45) is 6.47. The van der Waals surface area contributed by atoms with Crippen LogP contribution in [0.5, 0.6) is 5.75 Å². The van der Waals surface area contributed by atoms with E-state index in [4.69, 9.17) is 27.9 Å². The highest BCUT2D eigenvalue weighted by Gasteiger charge is 2.21. The minimum atomic E-state index is -1.01. The van der Waals surface area contributed by atoms with Gasteiger partial charge in [-0.3, -0.25) is 14.4 Å². The van der Waals surface area contributed by atoms with Crippen LogP contribution in [0, 0.1) is 0 Å². The minimum absolute atomic E-state index is 0.103. The summed E-state index contributed by atoms with van der Waals surface area (Å²) in [5, 5.41) is 9.85. The minimum Gasteiger partial charge on any atom is -0.423 e. The number of hydrogen-bond donors (Lipinski definition) is 3. The average molecular weight is 581 g/mol. The van der Waals surface area contributed by atoms with Crippen molar-refractivity contribution in [3.8, 4) is 5.75 Å². The number of ether oxygens (including phenoxy) is 1. The van der Waals surface area contributed by atoms with Crippen LogP contribution >= 0.6 is 23.2 Å². The van der Waals surface area contributed by atoms with Gasteiger partial charge in [0.15, 0.2) is 0 Å². The van der Waals surface area contributed by atoms with Crippen molar-refractivity contribution in [1.82, 2.24) is 10.7 Å². The second-order valence-electron chi connectivity index (χ2n) is 9.09. The fraction of sp³-hybridized carbons (Fsp3) is 0.207. The van der Waals surface area contributed by atoms with Gasteiger partial charge in [-0.25, -0.2) is 10.2 Å². The molecule has 0 saturated heterocycles. The van der Waals surface area contributed by atoms with Crippen LogP contribution in [-0.4, -0.2) is 35.9 Å². The van der Waals surface area contributed by atoms with Gasteiger partial charge in [-0.2, -0.15) is 5.10 Å². The van der Waals surface area contributed by atoms with E-state index in [2.05, 4.69) is 21.2 Å². The predicted molar refractivity (Wildman–Crippen MR) is 153 cm³/mol. The maximum atomic E-state index is 12.8. The van der Waals surface area contributed by atoms with Crippen LogP contribution in [0.4, 0.5) is 5.69 Å². The van der Waals surface area contributed by atoms with Gasteiger partial charge < -0.3 is 15.4 Å². The van der Waals surface area contributed by atoms with E-state index >= 15 is 0 Å². The van der Waals surface area contributed by atoms with Gasteiger partial charge in [-0.15, -0.1) is 0 Å². The first-order chi connectivity index (χ1) is 19.3. The summed E-state index contributed by atoms with van der Waals surface area (Å²) in [6.45, 7) is 0. The Morgan fingerprint density at radius 3 is 2.30 bits per heavy atom. The summed E-state index contributed by atoms with van der Waals surface area (Å²) < 4.78 is 5.31. The van der Waals surface area contributed by atoms with Gasteiger partial charge in [0, 0.05) is 11.1 Å². The zero-order valence-electron chi connectivity index (χ0n) is 21.3. The van der Waals surface area contributed by atoms with Crippen molar-refractivity contribution < 1.29 is 23.9 Å². The fourth-order valence-electron chi connectivity index (χ4n) is 4.13. The van der Waals surface area contributed by atoms with Crippen LogP contribution in [0.1, 0.15) is 58.4 Å². The Balaban J connectivity index is 1.29. The van der Waals surface area contributed by atoms with Crippen molar-refractivity contribution >= 4 is 58.8 Å². The third-order valence-electron chi connectivity index (χ3n) is 6.19. The third-order valence-corrected chi connectivity index (χ3v) is 6.74. The molecule has 1 aliphatic rings. The molecule has 3 amide bonds. The van der Waals surface area contributed by atoms with Crippen LogP contribution in [0.3, 0.4) is 0 Å². The van der Waals surface area contributed by atoms with E-state index in [1.807, 2.05) is 0 Å². The van der Waals surface area contributed by atoms with E-state index in [0.717, 1.165) is 32.1 Å². The molecule has 0 atom stereocenters. The lowest BCUT2D eigenvalue weighted by Crippen LogP contribution is -2.37. The summed E-state index contributed by atoms with van der Waals surface area (Å²) >= 11 is 11.9. The van der Waals surface area contributed by atoms with Crippen LogP contribution in [0.25, 0.3) is 0 Å². The molecule has 4 rings (SSSR count). The second-order valence-corrected chi connectivity index (χ2v) is 9.93. The number of amides is 3. The summed E-state index contributed by atoms with van der Waals surface area (Å²) in [5.41, 5.74) is 3.39. The summed E-state index contributed by atoms with van der Waals surface area (Å²) in [5.74, 6) is -2.66. The molecule has 0 spiro atoms. The molecule has 3 aromatic carbocycles. The number of nitrogens with one attached hydrogen (secondary N) is 3. The van der Waals surface area contributed by atoms with Crippen LogP contribution in [0.2, 0.25) is 10.0 Å². The van der Waals surface area contributed by atoms with Crippen molar-refractivity contribution in [2.45, 2.75) is 38.1 Å². The second kappa shape index (κ2) is 13.7. The molecule has 9 nitrogen and oxygen atoms in total. The highest BCUT2D eigenvalue weighted by atomic mass is 35.5. The van der Waals surface area contributed by atoms with E-state index in [1.165, 1.54) is 36.5 Å². The lowest BCUT2D eigenvalue weighted by Gasteiger charge is -2.23. The molecule has 0 radical (unpaired) electrons. The Hall–Kier alpha value is -4.21. The lowest BCUT2D eigenvalue weighted by molar-refractivity contribution is -0.136. The molecule has 40 heavy (non-hydrogen) atoms. The number of carbonyl (C=O) groups is 4. The number of hydrazone groups is 1. The van der Waals surface area contributed by atoms with Gasteiger partial charge in [0.2, 0.25) is 0 Å². The maximum absolute atomic E-state index is 12.8. The summed E-state index contributed by atoms with van der Waals surface area (Å²) in [4.78, 5) is 49.8. The molecule has 1 aliphatic carbocycles. The average Bonchev–Trinajstić information content (AvgIpc) is 2.94. The van der Waals surface area contributed by atoms with E-state index < -0.39 is 17.8 Å².